The Bertz CT molecular complexity index is 1090. The number of aromatic nitrogens is 2. The molecular formula is C20H14ClN3OS. The standard InChI is InChI=1S/C20H14ClN3OS/c1-12-15(19-24-17-9-4-10-22-20(17)26-19)7-3-8-16(12)23-18(25)13-5-2-6-14(21)11-13/h2-11H,1H3,(H,23,25). The zero-order valence-corrected chi connectivity index (χ0v) is 15.4. The molecule has 0 radical (unpaired) electrons. The van der Waals surface area contributed by atoms with Crippen LogP contribution in [0, 0.1) is 6.92 Å². The van der Waals surface area contributed by atoms with Crippen molar-refractivity contribution in [1.82, 2.24) is 9.97 Å². The van der Waals surface area contributed by atoms with Crippen molar-refractivity contribution in [1.29, 1.82) is 0 Å². The van der Waals surface area contributed by atoms with Gasteiger partial charge in [-0.15, -0.1) is 0 Å². The van der Waals surface area contributed by atoms with Crippen LogP contribution < -0.4 is 5.32 Å². The van der Waals surface area contributed by atoms with Crippen LogP contribution >= 0.6 is 22.9 Å². The number of fused-ring (bicyclic) bond motifs is 1. The molecule has 0 aliphatic carbocycles. The van der Waals surface area contributed by atoms with E-state index in [-0.39, 0.29) is 5.91 Å². The molecule has 4 aromatic rings. The first-order valence-corrected chi connectivity index (χ1v) is 9.20. The topological polar surface area (TPSA) is 54.9 Å². The maximum Gasteiger partial charge on any atom is 0.255 e. The number of hydrogen-bond acceptors (Lipinski definition) is 4. The van der Waals surface area contributed by atoms with Crippen LogP contribution in [0.15, 0.2) is 60.8 Å². The van der Waals surface area contributed by atoms with Crippen LogP contribution in [0.3, 0.4) is 0 Å². The minimum Gasteiger partial charge on any atom is -0.322 e. The molecule has 0 aliphatic heterocycles. The van der Waals surface area contributed by atoms with Gasteiger partial charge >= 0.3 is 0 Å². The van der Waals surface area contributed by atoms with E-state index in [9.17, 15) is 4.79 Å². The average molecular weight is 380 g/mol. The van der Waals surface area contributed by atoms with Crippen molar-refractivity contribution < 1.29 is 4.79 Å². The van der Waals surface area contributed by atoms with E-state index in [2.05, 4.69) is 15.3 Å². The van der Waals surface area contributed by atoms with Crippen LogP contribution in [0.4, 0.5) is 5.69 Å². The molecule has 0 aliphatic rings. The van der Waals surface area contributed by atoms with Crippen molar-refractivity contribution in [3.63, 3.8) is 0 Å². The molecule has 26 heavy (non-hydrogen) atoms. The predicted molar refractivity (Wildman–Crippen MR) is 107 cm³/mol. The number of hydrogen-bond donors (Lipinski definition) is 1. The molecule has 0 saturated heterocycles. The van der Waals surface area contributed by atoms with Crippen molar-refractivity contribution in [2.24, 2.45) is 0 Å². The maximum atomic E-state index is 12.5. The van der Waals surface area contributed by atoms with Crippen LogP contribution in [0.2, 0.25) is 5.02 Å². The molecule has 0 unspecified atom stereocenters. The number of halogens is 1. The number of thiazole rings is 1. The molecule has 4 rings (SSSR count). The molecule has 128 valence electrons. The molecule has 0 atom stereocenters. The molecule has 0 bridgehead atoms. The summed E-state index contributed by atoms with van der Waals surface area (Å²) in [6, 6.07) is 16.5. The molecule has 4 nitrogen and oxygen atoms in total. The SMILES string of the molecule is Cc1c(NC(=O)c2cccc(Cl)c2)cccc1-c1nc2cccnc2s1. The molecular weight excluding hydrogens is 366 g/mol. The summed E-state index contributed by atoms with van der Waals surface area (Å²) in [6.45, 7) is 1.97. The highest BCUT2D eigenvalue weighted by molar-refractivity contribution is 7.21. The van der Waals surface area contributed by atoms with E-state index in [1.54, 1.807) is 30.5 Å². The van der Waals surface area contributed by atoms with E-state index in [1.165, 1.54) is 11.3 Å². The lowest BCUT2D eigenvalue weighted by Crippen LogP contribution is -2.12. The van der Waals surface area contributed by atoms with Crippen molar-refractivity contribution in [3.8, 4) is 10.6 Å². The van der Waals surface area contributed by atoms with E-state index in [4.69, 9.17) is 11.6 Å². The fourth-order valence-corrected chi connectivity index (χ4v) is 3.89. The third kappa shape index (κ3) is 3.19. The zero-order chi connectivity index (χ0) is 18.1. The lowest BCUT2D eigenvalue weighted by atomic mass is 10.1. The van der Waals surface area contributed by atoms with Crippen LogP contribution in [-0.4, -0.2) is 15.9 Å². The summed E-state index contributed by atoms with van der Waals surface area (Å²) in [5, 5.41) is 4.38. The smallest absolute Gasteiger partial charge is 0.255 e. The molecule has 0 fully saturated rings. The van der Waals surface area contributed by atoms with Gasteiger partial charge in [-0.3, -0.25) is 4.79 Å². The number of rotatable bonds is 3. The Balaban J connectivity index is 1.68. The van der Waals surface area contributed by atoms with Crippen molar-refractivity contribution in [3.05, 3.63) is 76.9 Å². The average Bonchev–Trinajstić information content (AvgIpc) is 3.07. The van der Waals surface area contributed by atoms with Gasteiger partial charge < -0.3 is 5.32 Å². The van der Waals surface area contributed by atoms with E-state index in [0.717, 1.165) is 32.2 Å². The summed E-state index contributed by atoms with van der Waals surface area (Å²) in [5.74, 6) is -0.196. The molecule has 0 saturated carbocycles. The van der Waals surface area contributed by atoms with Gasteiger partial charge in [-0.2, -0.15) is 0 Å². The first-order valence-electron chi connectivity index (χ1n) is 8.00. The van der Waals surface area contributed by atoms with Crippen molar-refractivity contribution in [2.75, 3.05) is 5.32 Å². The highest BCUT2D eigenvalue weighted by Gasteiger charge is 2.14. The first kappa shape index (κ1) is 16.7. The Morgan fingerprint density at radius 1 is 1.12 bits per heavy atom. The number of carbonyl (C=O) groups is 1. The summed E-state index contributed by atoms with van der Waals surface area (Å²) in [4.78, 5) is 22.4. The lowest BCUT2D eigenvalue weighted by Gasteiger charge is -2.11. The number of anilines is 1. The van der Waals surface area contributed by atoms with Crippen LogP contribution in [-0.2, 0) is 0 Å². The number of nitrogens with one attached hydrogen (secondary N) is 1. The summed E-state index contributed by atoms with van der Waals surface area (Å²) in [5.41, 5.74) is 4.09. The summed E-state index contributed by atoms with van der Waals surface area (Å²) >= 11 is 7.51. The molecule has 2 heterocycles. The second kappa shape index (κ2) is 6.86. The minimum absolute atomic E-state index is 0.196. The number of amides is 1. The van der Waals surface area contributed by atoms with Crippen molar-refractivity contribution in [2.45, 2.75) is 6.92 Å². The summed E-state index contributed by atoms with van der Waals surface area (Å²) in [6.07, 6.45) is 1.76. The third-order valence-electron chi connectivity index (χ3n) is 4.07. The van der Waals surface area contributed by atoms with Gasteiger partial charge in [-0.25, -0.2) is 9.97 Å². The molecule has 0 spiro atoms. The van der Waals surface area contributed by atoms with Gasteiger partial charge in [0.15, 0.2) is 0 Å². The van der Waals surface area contributed by atoms with Crippen LogP contribution in [0.1, 0.15) is 15.9 Å². The van der Waals surface area contributed by atoms with E-state index >= 15 is 0 Å². The summed E-state index contributed by atoms with van der Waals surface area (Å²) < 4.78 is 0. The minimum atomic E-state index is -0.196. The second-order valence-electron chi connectivity index (χ2n) is 5.79. The monoisotopic (exact) mass is 379 g/mol. The largest absolute Gasteiger partial charge is 0.322 e. The Labute approximate surface area is 159 Å². The Kier molecular flexibility index (Phi) is 4.41. The fourth-order valence-electron chi connectivity index (χ4n) is 2.71. The maximum absolute atomic E-state index is 12.5. The summed E-state index contributed by atoms with van der Waals surface area (Å²) in [7, 11) is 0. The van der Waals surface area contributed by atoms with Gasteiger partial charge in [0.25, 0.3) is 5.91 Å². The second-order valence-corrected chi connectivity index (χ2v) is 7.20. The predicted octanol–water partition coefficient (Wildman–Crippen LogP) is 5.57. The molecule has 2 aromatic carbocycles. The first-order chi connectivity index (χ1) is 12.6. The lowest BCUT2D eigenvalue weighted by molar-refractivity contribution is 0.102. The normalized spacial score (nSPS) is 10.8. The Hall–Kier alpha value is -2.76. The van der Waals surface area contributed by atoms with E-state index < -0.39 is 0 Å². The molecule has 6 heteroatoms. The number of pyridine rings is 1. The number of nitrogens with zero attached hydrogens (tertiary/aromatic N) is 2. The zero-order valence-electron chi connectivity index (χ0n) is 13.9. The number of benzene rings is 2. The van der Waals surface area contributed by atoms with Crippen LogP contribution in [0.5, 0.6) is 0 Å². The molecule has 1 amide bonds. The van der Waals surface area contributed by atoms with Crippen molar-refractivity contribution >= 4 is 44.9 Å². The Morgan fingerprint density at radius 3 is 2.77 bits per heavy atom. The molecule has 1 N–H and O–H groups in total. The van der Waals surface area contributed by atoms with E-state index in [1.807, 2.05) is 37.3 Å². The van der Waals surface area contributed by atoms with Gasteiger partial charge in [-0.05, 0) is 48.9 Å². The Morgan fingerprint density at radius 2 is 1.96 bits per heavy atom. The highest BCUT2D eigenvalue weighted by Crippen LogP contribution is 2.33. The van der Waals surface area contributed by atoms with Gasteiger partial charge in [0.05, 0.1) is 0 Å². The van der Waals surface area contributed by atoms with Gasteiger partial charge in [-0.1, -0.05) is 41.1 Å². The van der Waals surface area contributed by atoms with Gasteiger partial charge in [0.1, 0.15) is 15.4 Å². The van der Waals surface area contributed by atoms with E-state index in [0.29, 0.717) is 10.6 Å². The van der Waals surface area contributed by atoms with Gasteiger partial charge in [0, 0.05) is 28.0 Å². The fraction of sp³-hybridized carbons (Fsp3) is 0.0500. The number of carbonyl (C=O) groups excluding carboxylic acids is 1. The van der Waals surface area contributed by atoms with Crippen LogP contribution in [0.25, 0.3) is 20.9 Å². The highest BCUT2D eigenvalue weighted by atomic mass is 35.5. The third-order valence-corrected chi connectivity index (χ3v) is 5.31. The van der Waals surface area contributed by atoms with Gasteiger partial charge in [0.2, 0.25) is 0 Å². The quantitative estimate of drug-likeness (QED) is 0.506. The molecule has 2 aromatic heterocycles.